The highest BCUT2D eigenvalue weighted by molar-refractivity contribution is 7.22. The summed E-state index contributed by atoms with van der Waals surface area (Å²) in [7, 11) is 0. The molecule has 0 saturated heterocycles. The van der Waals surface area contributed by atoms with Gasteiger partial charge in [0.1, 0.15) is 0 Å². The summed E-state index contributed by atoms with van der Waals surface area (Å²) in [6, 6.07) is 9.91. The lowest BCUT2D eigenvalue weighted by molar-refractivity contribution is 0.874. The largest absolute Gasteiger partial charge is 0.355 e. The van der Waals surface area contributed by atoms with Crippen LogP contribution in [0.15, 0.2) is 42.7 Å². The fraction of sp³-hybridized carbons (Fsp3) is 0.143. The molecular weight excluding hydrogens is 278 g/mol. The van der Waals surface area contributed by atoms with Crippen molar-refractivity contribution in [1.29, 1.82) is 0 Å². The number of thiazole rings is 1. The highest BCUT2D eigenvalue weighted by Crippen LogP contribution is 2.33. The van der Waals surface area contributed by atoms with Crippen molar-refractivity contribution in [2.75, 3.05) is 5.32 Å². The van der Waals surface area contributed by atoms with E-state index in [1.165, 1.54) is 0 Å². The number of nitrogens with zero attached hydrogens (tertiary/aromatic N) is 2. The van der Waals surface area contributed by atoms with Gasteiger partial charge in [-0.2, -0.15) is 0 Å². The van der Waals surface area contributed by atoms with Gasteiger partial charge in [0.05, 0.1) is 21.3 Å². The fourth-order valence-corrected chi connectivity index (χ4v) is 3.12. The first-order valence-electron chi connectivity index (χ1n) is 5.95. The summed E-state index contributed by atoms with van der Waals surface area (Å²) in [5.74, 6) is 0. The SMILES string of the molecule is CC(Nc1nc2cccc(Cl)c2s1)c1cccnc1. The van der Waals surface area contributed by atoms with Crippen molar-refractivity contribution in [1.82, 2.24) is 9.97 Å². The third kappa shape index (κ3) is 2.55. The second-order valence-electron chi connectivity index (χ2n) is 4.26. The predicted octanol–water partition coefficient (Wildman–Crippen LogP) is 4.52. The second kappa shape index (κ2) is 5.15. The van der Waals surface area contributed by atoms with Crippen LogP contribution in [0.1, 0.15) is 18.5 Å². The number of benzene rings is 1. The molecule has 1 atom stereocenters. The summed E-state index contributed by atoms with van der Waals surface area (Å²) < 4.78 is 1.02. The molecule has 0 bridgehead atoms. The van der Waals surface area contributed by atoms with Crippen molar-refractivity contribution >= 4 is 38.3 Å². The van der Waals surface area contributed by atoms with Crippen molar-refractivity contribution in [3.05, 3.63) is 53.3 Å². The van der Waals surface area contributed by atoms with Gasteiger partial charge in [-0.1, -0.05) is 35.1 Å². The van der Waals surface area contributed by atoms with E-state index in [0.29, 0.717) is 0 Å². The highest BCUT2D eigenvalue weighted by atomic mass is 35.5. The zero-order chi connectivity index (χ0) is 13.2. The van der Waals surface area contributed by atoms with Crippen molar-refractivity contribution in [2.24, 2.45) is 0 Å². The molecule has 0 aliphatic carbocycles. The maximum atomic E-state index is 6.16. The number of pyridine rings is 1. The first kappa shape index (κ1) is 12.4. The van der Waals surface area contributed by atoms with Crippen molar-refractivity contribution in [3.8, 4) is 0 Å². The van der Waals surface area contributed by atoms with Gasteiger partial charge in [0.2, 0.25) is 0 Å². The van der Waals surface area contributed by atoms with Crippen LogP contribution in [0, 0.1) is 0 Å². The van der Waals surface area contributed by atoms with E-state index in [2.05, 4.69) is 22.2 Å². The molecule has 2 heterocycles. The Balaban J connectivity index is 1.88. The molecule has 5 heteroatoms. The minimum absolute atomic E-state index is 0.160. The smallest absolute Gasteiger partial charge is 0.184 e. The zero-order valence-corrected chi connectivity index (χ0v) is 11.9. The molecule has 19 heavy (non-hydrogen) atoms. The molecule has 0 amide bonds. The van der Waals surface area contributed by atoms with Gasteiger partial charge in [0, 0.05) is 12.4 Å². The average molecular weight is 290 g/mol. The molecule has 0 saturated carbocycles. The molecule has 0 fully saturated rings. The van der Waals surface area contributed by atoms with Crippen molar-refractivity contribution in [2.45, 2.75) is 13.0 Å². The summed E-state index contributed by atoms with van der Waals surface area (Å²) in [5, 5.41) is 5.01. The first-order valence-corrected chi connectivity index (χ1v) is 7.15. The number of halogens is 1. The lowest BCUT2D eigenvalue weighted by Gasteiger charge is -2.12. The molecule has 3 nitrogen and oxygen atoms in total. The lowest BCUT2D eigenvalue weighted by atomic mass is 10.1. The van der Waals surface area contributed by atoms with Crippen LogP contribution in [0.4, 0.5) is 5.13 Å². The van der Waals surface area contributed by atoms with Gasteiger partial charge in [-0.25, -0.2) is 4.98 Å². The van der Waals surface area contributed by atoms with Gasteiger partial charge in [-0.05, 0) is 30.7 Å². The molecular formula is C14H12ClN3S. The van der Waals surface area contributed by atoms with Crippen LogP contribution in [0.3, 0.4) is 0 Å². The predicted molar refractivity (Wildman–Crippen MR) is 80.9 cm³/mol. The van der Waals surface area contributed by atoms with Gasteiger partial charge in [-0.15, -0.1) is 0 Å². The summed E-state index contributed by atoms with van der Waals surface area (Å²) in [6.07, 6.45) is 3.63. The van der Waals surface area contributed by atoms with Crippen LogP contribution in [-0.4, -0.2) is 9.97 Å². The standard InChI is InChI=1S/C14H12ClN3S/c1-9(10-4-3-7-16-8-10)17-14-18-12-6-2-5-11(15)13(12)19-14/h2-9H,1H3,(H,17,18). The number of fused-ring (bicyclic) bond motifs is 1. The van der Waals surface area contributed by atoms with Crippen LogP contribution in [0.2, 0.25) is 5.02 Å². The molecule has 1 aromatic carbocycles. The maximum Gasteiger partial charge on any atom is 0.184 e. The lowest BCUT2D eigenvalue weighted by Crippen LogP contribution is -2.06. The van der Waals surface area contributed by atoms with E-state index in [1.807, 2.05) is 36.5 Å². The quantitative estimate of drug-likeness (QED) is 0.770. The Labute approximate surface area is 120 Å². The van der Waals surface area contributed by atoms with Gasteiger partial charge < -0.3 is 5.32 Å². The molecule has 1 N–H and O–H groups in total. The monoisotopic (exact) mass is 289 g/mol. The van der Waals surface area contributed by atoms with Gasteiger partial charge in [0.15, 0.2) is 5.13 Å². The number of hydrogen-bond donors (Lipinski definition) is 1. The van der Waals surface area contributed by atoms with E-state index in [4.69, 9.17) is 11.6 Å². The summed E-state index contributed by atoms with van der Waals surface area (Å²) in [5.41, 5.74) is 2.06. The van der Waals surface area contributed by atoms with E-state index < -0.39 is 0 Å². The van der Waals surface area contributed by atoms with Gasteiger partial charge in [-0.3, -0.25) is 4.98 Å². The van der Waals surface area contributed by atoms with Crippen LogP contribution in [0.5, 0.6) is 0 Å². The second-order valence-corrected chi connectivity index (χ2v) is 5.67. The number of nitrogens with one attached hydrogen (secondary N) is 1. The molecule has 0 aliphatic heterocycles. The third-order valence-corrected chi connectivity index (χ3v) is 4.35. The van der Waals surface area contributed by atoms with Crippen LogP contribution < -0.4 is 5.32 Å². The van der Waals surface area contributed by atoms with E-state index in [0.717, 1.165) is 25.9 Å². The third-order valence-electron chi connectivity index (χ3n) is 2.89. The summed E-state index contributed by atoms with van der Waals surface area (Å²) in [4.78, 5) is 8.67. The summed E-state index contributed by atoms with van der Waals surface area (Å²) in [6.45, 7) is 2.09. The van der Waals surface area contributed by atoms with E-state index in [9.17, 15) is 0 Å². The Kier molecular flexibility index (Phi) is 3.36. The Hall–Kier alpha value is -1.65. The van der Waals surface area contributed by atoms with Crippen LogP contribution >= 0.6 is 22.9 Å². The normalized spacial score (nSPS) is 12.5. The van der Waals surface area contributed by atoms with E-state index in [1.54, 1.807) is 17.5 Å². The minimum Gasteiger partial charge on any atom is -0.355 e. The minimum atomic E-state index is 0.160. The molecule has 1 unspecified atom stereocenters. The highest BCUT2D eigenvalue weighted by Gasteiger charge is 2.10. The molecule has 3 aromatic rings. The van der Waals surface area contributed by atoms with Gasteiger partial charge >= 0.3 is 0 Å². The molecule has 2 aromatic heterocycles. The van der Waals surface area contributed by atoms with E-state index in [-0.39, 0.29) is 6.04 Å². The topological polar surface area (TPSA) is 37.8 Å². The summed E-state index contributed by atoms with van der Waals surface area (Å²) >= 11 is 7.73. The Morgan fingerprint density at radius 2 is 2.16 bits per heavy atom. The van der Waals surface area contributed by atoms with Gasteiger partial charge in [0.25, 0.3) is 0 Å². The average Bonchev–Trinajstić information content (AvgIpc) is 2.84. The molecule has 0 radical (unpaired) electrons. The number of hydrogen-bond acceptors (Lipinski definition) is 4. The number of aromatic nitrogens is 2. The Bertz CT molecular complexity index is 696. The Morgan fingerprint density at radius 1 is 1.26 bits per heavy atom. The fourth-order valence-electron chi connectivity index (χ4n) is 1.88. The maximum absolute atomic E-state index is 6.16. The molecule has 96 valence electrons. The van der Waals surface area contributed by atoms with Crippen LogP contribution in [-0.2, 0) is 0 Å². The van der Waals surface area contributed by atoms with Crippen molar-refractivity contribution < 1.29 is 0 Å². The molecule has 0 spiro atoms. The van der Waals surface area contributed by atoms with Crippen LogP contribution in [0.25, 0.3) is 10.2 Å². The Morgan fingerprint density at radius 3 is 2.89 bits per heavy atom. The first-order chi connectivity index (χ1) is 9.24. The van der Waals surface area contributed by atoms with Crippen molar-refractivity contribution in [3.63, 3.8) is 0 Å². The molecule has 0 aliphatic rings. The molecule has 3 rings (SSSR count). The van der Waals surface area contributed by atoms with E-state index >= 15 is 0 Å². The number of rotatable bonds is 3. The number of anilines is 1. The zero-order valence-electron chi connectivity index (χ0n) is 10.3.